The third-order valence-electron chi connectivity index (χ3n) is 3.61. The van der Waals surface area contributed by atoms with Crippen LogP contribution in [0.1, 0.15) is 17.3 Å². The lowest BCUT2D eigenvalue weighted by molar-refractivity contribution is -0.143. The minimum atomic E-state index is -0.464. The second-order valence-corrected chi connectivity index (χ2v) is 7.64. The summed E-state index contributed by atoms with van der Waals surface area (Å²) in [7, 11) is 0. The number of amides is 1. The Morgan fingerprint density at radius 1 is 1.11 bits per heavy atom. The molecule has 0 radical (unpaired) electrons. The normalized spacial score (nSPS) is 11.8. The predicted octanol–water partition coefficient (Wildman–Crippen LogP) is 4.97. The fourth-order valence-electron chi connectivity index (χ4n) is 2.41. The van der Waals surface area contributed by atoms with Crippen LogP contribution in [0, 0.1) is 0 Å². The molecule has 3 aromatic rings. The highest BCUT2D eigenvalue weighted by Gasteiger charge is 2.16. The van der Waals surface area contributed by atoms with Gasteiger partial charge in [-0.15, -0.1) is 0 Å². The standard InChI is InChI=1S/C18H13Cl3N2O3S/c1-2-26-14(24)9-23-16-13(8-7-12(20)15(16)21)27-18(23)22-17(25)10-3-5-11(19)6-4-10/h3-8H,2,9H2,1H3. The maximum atomic E-state index is 12.5. The summed E-state index contributed by atoms with van der Waals surface area (Å²) < 4.78 is 7.31. The van der Waals surface area contributed by atoms with Crippen LogP contribution in [-0.2, 0) is 16.1 Å². The molecule has 0 fully saturated rings. The van der Waals surface area contributed by atoms with E-state index >= 15 is 0 Å². The van der Waals surface area contributed by atoms with Gasteiger partial charge in [0.1, 0.15) is 6.54 Å². The Hall–Kier alpha value is -1.86. The quantitative estimate of drug-likeness (QED) is 0.535. The molecule has 0 unspecified atom stereocenters. The first-order valence-electron chi connectivity index (χ1n) is 7.88. The van der Waals surface area contributed by atoms with E-state index in [9.17, 15) is 9.59 Å². The van der Waals surface area contributed by atoms with Gasteiger partial charge in [0.2, 0.25) is 0 Å². The molecule has 0 atom stereocenters. The largest absolute Gasteiger partial charge is 0.465 e. The van der Waals surface area contributed by atoms with Gasteiger partial charge >= 0.3 is 5.97 Å². The summed E-state index contributed by atoms with van der Waals surface area (Å²) in [5.41, 5.74) is 0.911. The van der Waals surface area contributed by atoms with Gasteiger partial charge in [-0.2, -0.15) is 4.99 Å². The molecular weight excluding hydrogens is 431 g/mol. The number of rotatable bonds is 4. The van der Waals surface area contributed by atoms with Crippen LogP contribution in [0.15, 0.2) is 41.4 Å². The number of esters is 1. The van der Waals surface area contributed by atoms with Gasteiger partial charge in [-0.1, -0.05) is 46.1 Å². The van der Waals surface area contributed by atoms with Gasteiger partial charge in [-0.05, 0) is 43.3 Å². The second kappa shape index (κ2) is 8.44. The average molecular weight is 444 g/mol. The number of nitrogens with zero attached hydrogens (tertiary/aromatic N) is 2. The third kappa shape index (κ3) is 4.35. The summed E-state index contributed by atoms with van der Waals surface area (Å²) in [4.78, 5) is 29.1. The SMILES string of the molecule is CCOC(=O)Cn1c(=NC(=O)c2ccc(Cl)cc2)sc2ccc(Cl)c(Cl)c21. The van der Waals surface area contributed by atoms with E-state index in [1.807, 2.05) is 0 Å². The Labute approximate surface area is 173 Å². The molecule has 1 amide bonds. The van der Waals surface area contributed by atoms with Gasteiger partial charge in [0.15, 0.2) is 4.80 Å². The number of ether oxygens (including phenoxy) is 1. The highest BCUT2D eigenvalue weighted by Crippen LogP contribution is 2.32. The zero-order chi connectivity index (χ0) is 19.6. The van der Waals surface area contributed by atoms with Crippen molar-refractivity contribution in [2.45, 2.75) is 13.5 Å². The molecule has 0 bridgehead atoms. The first kappa shape index (κ1) is 19.9. The van der Waals surface area contributed by atoms with E-state index in [4.69, 9.17) is 39.5 Å². The lowest BCUT2D eigenvalue weighted by atomic mass is 10.2. The average Bonchev–Trinajstić information content (AvgIpc) is 2.97. The highest BCUT2D eigenvalue weighted by molar-refractivity contribution is 7.16. The predicted molar refractivity (Wildman–Crippen MR) is 108 cm³/mol. The molecule has 2 aromatic carbocycles. The van der Waals surface area contributed by atoms with Crippen molar-refractivity contribution < 1.29 is 14.3 Å². The van der Waals surface area contributed by atoms with E-state index in [-0.39, 0.29) is 18.2 Å². The number of fused-ring (bicyclic) bond motifs is 1. The van der Waals surface area contributed by atoms with Crippen LogP contribution in [-0.4, -0.2) is 23.1 Å². The first-order valence-corrected chi connectivity index (χ1v) is 9.83. The minimum absolute atomic E-state index is 0.138. The lowest BCUT2D eigenvalue weighted by Crippen LogP contribution is -2.23. The maximum absolute atomic E-state index is 12.5. The van der Waals surface area contributed by atoms with Gasteiger partial charge in [-0.25, -0.2) is 0 Å². The molecular formula is C18H13Cl3N2O3S. The van der Waals surface area contributed by atoms with Crippen LogP contribution in [0.3, 0.4) is 0 Å². The molecule has 1 aromatic heterocycles. The number of halogens is 3. The van der Waals surface area contributed by atoms with Gasteiger partial charge in [0, 0.05) is 10.6 Å². The number of hydrogen-bond donors (Lipinski definition) is 0. The van der Waals surface area contributed by atoms with Crippen LogP contribution in [0.25, 0.3) is 10.2 Å². The van der Waals surface area contributed by atoms with Gasteiger partial charge in [0.25, 0.3) is 5.91 Å². The number of hydrogen-bond acceptors (Lipinski definition) is 4. The third-order valence-corrected chi connectivity index (χ3v) is 5.70. The van der Waals surface area contributed by atoms with E-state index in [2.05, 4.69) is 4.99 Å². The molecule has 0 spiro atoms. The van der Waals surface area contributed by atoms with E-state index in [1.165, 1.54) is 11.3 Å². The lowest BCUT2D eigenvalue weighted by Gasteiger charge is -2.07. The molecule has 1 heterocycles. The highest BCUT2D eigenvalue weighted by atomic mass is 35.5. The Morgan fingerprint density at radius 2 is 1.81 bits per heavy atom. The fraction of sp³-hybridized carbons (Fsp3) is 0.167. The summed E-state index contributed by atoms with van der Waals surface area (Å²) in [5, 5.41) is 1.15. The smallest absolute Gasteiger partial charge is 0.326 e. The van der Waals surface area contributed by atoms with Crippen LogP contribution < -0.4 is 4.80 Å². The van der Waals surface area contributed by atoms with Crippen molar-refractivity contribution in [2.24, 2.45) is 4.99 Å². The Balaban J connectivity index is 2.16. The molecule has 3 rings (SSSR count). The zero-order valence-corrected chi connectivity index (χ0v) is 17.1. The van der Waals surface area contributed by atoms with Crippen molar-refractivity contribution in [2.75, 3.05) is 6.61 Å². The van der Waals surface area contributed by atoms with Crippen molar-refractivity contribution >= 4 is 68.2 Å². The van der Waals surface area contributed by atoms with Crippen LogP contribution >= 0.6 is 46.1 Å². The summed E-state index contributed by atoms with van der Waals surface area (Å²) in [6.45, 7) is 1.82. The molecule has 0 aliphatic rings. The van der Waals surface area contributed by atoms with Gasteiger partial charge < -0.3 is 9.30 Å². The Morgan fingerprint density at radius 3 is 2.48 bits per heavy atom. The summed E-state index contributed by atoms with van der Waals surface area (Å²) >= 11 is 19.5. The summed E-state index contributed by atoms with van der Waals surface area (Å²) in [6, 6.07) is 9.81. The van der Waals surface area contributed by atoms with E-state index < -0.39 is 11.9 Å². The number of carbonyl (C=O) groups excluding carboxylic acids is 2. The molecule has 0 N–H and O–H groups in total. The second-order valence-electron chi connectivity index (χ2n) is 5.41. The minimum Gasteiger partial charge on any atom is -0.465 e. The molecule has 5 nitrogen and oxygen atoms in total. The van der Waals surface area contributed by atoms with E-state index in [1.54, 1.807) is 47.9 Å². The van der Waals surface area contributed by atoms with Gasteiger partial charge in [0.05, 0.1) is 26.9 Å². The van der Waals surface area contributed by atoms with Crippen LogP contribution in [0.4, 0.5) is 0 Å². The summed E-state index contributed by atoms with van der Waals surface area (Å²) in [5.74, 6) is -0.924. The molecule has 27 heavy (non-hydrogen) atoms. The zero-order valence-electron chi connectivity index (χ0n) is 14.0. The molecule has 0 aliphatic heterocycles. The number of aromatic nitrogens is 1. The van der Waals surface area contributed by atoms with Crippen LogP contribution in [0.2, 0.25) is 15.1 Å². The molecule has 9 heteroatoms. The number of thiazole rings is 1. The van der Waals surface area contributed by atoms with Crippen molar-refractivity contribution in [1.29, 1.82) is 0 Å². The van der Waals surface area contributed by atoms with Crippen molar-refractivity contribution in [3.63, 3.8) is 0 Å². The molecule has 140 valence electrons. The molecule has 0 saturated carbocycles. The van der Waals surface area contributed by atoms with E-state index in [0.29, 0.717) is 25.9 Å². The molecule has 0 aliphatic carbocycles. The van der Waals surface area contributed by atoms with Crippen LogP contribution in [0.5, 0.6) is 0 Å². The van der Waals surface area contributed by atoms with Crippen molar-refractivity contribution in [3.05, 3.63) is 61.8 Å². The first-order chi connectivity index (χ1) is 12.9. The van der Waals surface area contributed by atoms with Crippen molar-refractivity contribution in [3.8, 4) is 0 Å². The fourth-order valence-corrected chi connectivity index (χ4v) is 4.05. The number of carbonyl (C=O) groups is 2. The Bertz CT molecular complexity index is 1090. The Kier molecular flexibility index (Phi) is 6.22. The topological polar surface area (TPSA) is 60.7 Å². The van der Waals surface area contributed by atoms with E-state index in [0.717, 1.165) is 4.70 Å². The monoisotopic (exact) mass is 442 g/mol. The maximum Gasteiger partial charge on any atom is 0.326 e. The van der Waals surface area contributed by atoms with Crippen molar-refractivity contribution in [1.82, 2.24) is 4.57 Å². The molecule has 0 saturated heterocycles. The summed E-state index contributed by atoms with van der Waals surface area (Å²) in [6.07, 6.45) is 0. The number of benzene rings is 2. The van der Waals surface area contributed by atoms with Gasteiger partial charge in [-0.3, -0.25) is 9.59 Å².